The summed E-state index contributed by atoms with van der Waals surface area (Å²) in [6.45, 7) is 3.05. The zero-order valence-corrected chi connectivity index (χ0v) is 11.9. The first-order valence-corrected chi connectivity index (χ1v) is 7.14. The number of carbonyl (C=O) groups excluding carboxylic acids is 2. The van der Waals surface area contributed by atoms with Crippen molar-refractivity contribution in [2.24, 2.45) is 0 Å². The highest BCUT2D eigenvalue weighted by Gasteiger charge is 2.46. The minimum atomic E-state index is -0.441. The predicted octanol–water partition coefficient (Wildman–Crippen LogP) is 1.66. The monoisotopic (exact) mass is 290 g/mol. The van der Waals surface area contributed by atoms with Crippen molar-refractivity contribution in [3.05, 3.63) is 24.3 Å². The number of amides is 2. The molecule has 2 aliphatic rings. The Balaban J connectivity index is 1.73. The van der Waals surface area contributed by atoms with Gasteiger partial charge in [0.05, 0.1) is 18.4 Å². The van der Waals surface area contributed by atoms with Crippen molar-refractivity contribution in [3.8, 4) is 5.75 Å². The van der Waals surface area contributed by atoms with Gasteiger partial charge in [0, 0.05) is 6.54 Å². The maximum Gasteiger partial charge on any atom is 0.322 e. The number of hydrogen-bond acceptors (Lipinski definition) is 4. The molecule has 21 heavy (non-hydrogen) atoms. The molecule has 0 bridgehead atoms. The van der Waals surface area contributed by atoms with Crippen molar-refractivity contribution in [2.75, 3.05) is 25.1 Å². The fourth-order valence-corrected chi connectivity index (χ4v) is 2.86. The molecule has 3 rings (SSSR count). The Labute approximate surface area is 123 Å². The van der Waals surface area contributed by atoms with Crippen LogP contribution < -0.4 is 10.1 Å². The number of likely N-dealkylation sites (tertiary alicyclic amines) is 1. The van der Waals surface area contributed by atoms with Gasteiger partial charge in [0.1, 0.15) is 18.4 Å². The van der Waals surface area contributed by atoms with E-state index >= 15 is 0 Å². The summed E-state index contributed by atoms with van der Waals surface area (Å²) in [5.74, 6) is 0.601. The van der Waals surface area contributed by atoms with Gasteiger partial charge in [0.2, 0.25) is 0 Å². The molecule has 1 aromatic rings. The molecule has 2 atom stereocenters. The summed E-state index contributed by atoms with van der Waals surface area (Å²) >= 11 is 0. The SMILES string of the molecule is CCOc1ccccc1NC(=O)N1CC[C@H]2OCC(=O)[C@H]21. The first-order chi connectivity index (χ1) is 10.2. The molecule has 2 saturated heterocycles. The summed E-state index contributed by atoms with van der Waals surface area (Å²) in [5.41, 5.74) is 0.610. The van der Waals surface area contributed by atoms with Gasteiger partial charge in [-0.05, 0) is 25.5 Å². The van der Waals surface area contributed by atoms with Crippen molar-refractivity contribution < 1.29 is 19.1 Å². The van der Waals surface area contributed by atoms with E-state index in [1.54, 1.807) is 17.0 Å². The Morgan fingerprint density at radius 1 is 1.48 bits per heavy atom. The van der Waals surface area contributed by atoms with Crippen LogP contribution in [0, 0.1) is 0 Å². The first-order valence-electron chi connectivity index (χ1n) is 7.14. The van der Waals surface area contributed by atoms with Gasteiger partial charge >= 0.3 is 6.03 Å². The molecule has 2 heterocycles. The summed E-state index contributed by atoms with van der Waals surface area (Å²) in [5, 5.41) is 2.82. The molecule has 0 aliphatic carbocycles. The summed E-state index contributed by atoms with van der Waals surface area (Å²) < 4.78 is 10.9. The van der Waals surface area contributed by atoms with Crippen LogP contribution in [0.3, 0.4) is 0 Å². The van der Waals surface area contributed by atoms with Crippen molar-refractivity contribution >= 4 is 17.5 Å². The Kier molecular flexibility index (Phi) is 3.79. The van der Waals surface area contributed by atoms with Gasteiger partial charge in [-0.15, -0.1) is 0 Å². The zero-order valence-electron chi connectivity index (χ0n) is 11.9. The van der Waals surface area contributed by atoms with E-state index in [0.717, 1.165) is 0 Å². The van der Waals surface area contributed by atoms with E-state index in [-0.39, 0.29) is 24.5 Å². The lowest BCUT2D eigenvalue weighted by Crippen LogP contribution is -2.44. The highest BCUT2D eigenvalue weighted by atomic mass is 16.5. The highest BCUT2D eigenvalue weighted by molar-refractivity contribution is 5.97. The van der Waals surface area contributed by atoms with E-state index in [2.05, 4.69) is 5.32 Å². The second-order valence-corrected chi connectivity index (χ2v) is 5.10. The quantitative estimate of drug-likeness (QED) is 0.919. The topological polar surface area (TPSA) is 67.9 Å². The molecule has 112 valence electrons. The Morgan fingerprint density at radius 3 is 3.10 bits per heavy atom. The zero-order chi connectivity index (χ0) is 14.8. The molecule has 2 aliphatic heterocycles. The number of rotatable bonds is 3. The molecule has 0 spiro atoms. The number of Topliss-reactive ketones (excluding diaryl/α,β-unsaturated/α-hetero) is 1. The molecule has 6 heteroatoms. The Hall–Kier alpha value is -2.08. The van der Waals surface area contributed by atoms with Gasteiger partial charge in [-0.1, -0.05) is 12.1 Å². The normalized spacial score (nSPS) is 24.0. The van der Waals surface area contributed by atoms with Gasteiger partial charge in [-0.25, -0.2) is 4.79 Å². The lowest BCUT2D eigenvalue weighted by Gasteiger charge is -2.22. The second-order valence-electron chi connectivity index (χ2n) is 5.10. The highest BCUT2D eigenvalue weighted by Crippen LogP contribution is 2.29. The van der Waals surface area contributed by atoms with Crippen LogP contribution in [0.25, 0.3) is 0 Å². The third-order valence-corrected chi connectivity index (χ3v) is 3.80. The minimum Gasteiger partial charge on any atom is -0.492 e. The fraction of sp³-hybridized carbons (Fsp3) is 0.467. The van der Waals surface area contributed by atoms with E-state index in [1.165, 1.54) is 0 Å². The van der Waals surface area contributed by atoms with E-state index in [1.807, 2.05) is 19.1 Å². The Morgan fingerprint density at radius 2 is 2.29 bits per heavy atom. The van der Waals surface area contributed by atoms with Gasteiger partial charge in [0.15, 0.2) is 5.78 Å². The van der Waals surface area contributed by atoms with Crippen molar-refractivity contribution in [1.82, 2.24) is 4.90 Å². The number of fused-ring (bicyclic) bond motifs is 1. The summed E-state index contributed by atoms with van der Waals surface area (Å²) in [4.78, 5) is 25.8. The third kappa shape index (κ3) is 2.58. The predicted molar refractivity (Wildman–Crippen MR) is 76.5 cm³/mol. The molecule has 2 fully saturated rings. The van der Waals surface area contributed by atoms with E-state index in [0.29, 0.717) is 31.0 Å². The molecule has 0 unspecified atom stereocenters. The molecule has 0 radical (unpaired) electrons. The molecule has 2 amide bonds. The van der Waals surface area contributed by atoms with E-state index in [4.69, 9.17) is 9.47 Å². The van der Waals surface area contributed by atoms with Crippen LogP contribution in [0.2, 0.25) is 0 Å². The maximum absolute atomic E-state index is 12.4. The molecule has 0 saturated carbocycles. The number of hydrogen-bond donors (Lipinski definition) is 1. The summed E-state index contributed by atoms with van der Waals surface area (Å²) in [7, 11) is 0. The second kappa shape index (κ2) is 5.73. The number of urea groups is 1. The van der Waals surface area contributed by atoms with Crippen LogP contribution in [-0.4, -0.2) is 48.6 Å². The summed E-state index contributed by atoms with van der Waals surface area (Å²) in [6, 6.07) is 6.53. The maximum atomic E-state index is 12.4. The smallest absolute Gasteiger partial charge is 0.322 e. The number of anilines is 1. The number of nitrogens with zero attached hydrogens (tertiary/aromatic N) is 1. The lowest BCUT2D eigenvalue weighted by atomic mass is 10.1. The lowest BCUT2D eigenvalue weighted by molar-refractivity contribution is -0.120. The minimum absolute atomic E-state index is 0.0225. The number of nitrogens with one attached hydrogen (secondary N) is 1. The molecular weight excluding hydrogens is 272 g/mol. The number of ether oxygens (including phenoxy) is 2. The molecule has 1 N–H and O–H groups in total. The van der Waals surface area contributed by atoms with Crippen LogP contribution >= 0.6 is 0 Å². The van der Waals surface area contributed by atoms with E-state index < -0.39 is 6.04 Å². The number of carbonyl (C=O) groups is 2. The van der Waals surface area contributed by atoms with Gasteiger partial charge in [0.25, 0.3) is 0 Å². The average Bonchev–Trinajstić information content (AvgIpc) is 3.05. The van der Waals surface area contributed by atoms with Gasteiger partial charge < -0.3 is 19.7 Å². The molecule has 1 aromatic carbocycles. The standard InChI is InChI=1S/C15H18N2O4/c1-2-20-12-6-4-3-5-10(12)16-15(19)17-8-7-13-14(17)11(18)9-21-13/h3-6,13-14H,2,7-9H2,1H3,(H,16,19)/t13-,14-/m1/s1. The largest absolute Gasteiger partial charge is 0.492 e. The van der Waals surface area contributed by atoms with Crippen molar-refractivity contribution in [2.45, 2.75) is 25.5 Å². The van der Waals surface area contributed by atoms with Crippen LogP contribution in [0.5, 0.6) is 5.75 Å². The number of benzene rings is 1. The first kappa shape index (κ1) is 13.9. The molecular formula is C15H18N2O4. The summed E-state index contributed by atoms with van der Waals surface area (Å²) in [6.07, 6.45) is 0.558. The van der Waals surface area contributed by atoms with Crippen LogP contribution in [0.1, 0.15) is 13.3 Å². The van der Waals surface area contributed by atoms with Crippen LogP contribution in [-0.2, 0) is 9.53 Å². The van der Waals surface area contributed by atoms with Gasteiger partial charge in [-0.2, -0.15) is 0 Å². The fourth-order valence-electron chi connectivity index (χ4n) is 2.86. The van der Waals surface area contributed by atoms with Gasteiger partial charge in [-0.3, -0.25) is 4.79 Å². The number of para-hydroxylation sites is 2. The number of ketones is 1. The molecule has 0 aromatic heterocycles. The van der Waals surface area contributed by atoms with Crippen LogP contribution in [0.15, 0.2) is 24.3 Å². The average molecular weight is 290 g/mol. The molecule has 6 nitrogen and oxygen atoms in total. The Bertz CT molecular complexity index is 560. The van der Waals surface area contributed by atoms with Crippen molar-refractivity contribution in [3.63, 3.8) is 0 Å². The third-order valence-electron chi connectivity index (χ3n) is 3.80. The van der Waals surface area contributed by atoms with Crippen molar-refractivity contribution in [1.29, 1.82) is 0 Å². The van der Waals surface area contributed by atoms with E-state index in [9.17, 15) is 9.59 Å². The van der Waals surface area contributed by atoms with Crippen LogP contribution in [0.4, 0.5) is 10.5 Å².